The molecule has 0 radical (unpaired) electrons. The van der Waals surface area contributed by atoms with Crippen LogP contribution in [0, 0.1) is 5.82 Å². The predicted molar refractivity (Wildman–Crippen MR) is 107 cm³/mol. The molecule has 2 aromatic heterocycles. The Balaban J connectivity index is 1.33. The van der Waals surface area contributed by atoms with Gasteiger partial charge in [-0.25, -0.2) is 9.37 Å². The van der Waals surface area contributed by atoms with Gasteiger partial charge in [-0.05, 0) is 42.5 Å². The van der Waals surface area contributed by atoms with Crippen molar-refractivity contribution in [1.82, 2.24) is 19.7 Å². The van der Waals surface area contributed by atoms with Crippen molar-refractivity contribution in [3.8, 4) is 5.75 Å². The van der Waals surface area contributed by atoms with E-state index in [1.807, 2.05) is 0 Å². The maximum Gasteiger partial charge on any atom is 0.276 e. The highest BCUT2D eigenvalue weighted by molar-refractivity contribution is 7.99. The predicted octanol–water partition coefficient (Wildman–Crippen LogP) is 3.94. The van der Waals surface area contributed by atoms with E-state index in [-0.39, 0.29) is 18.0 Å². The lowest BCUT2D eigenvalue weighted by Gasteiger charge is -2.05. The number of aromatic nitrogens is 4. The first kappa shape index (κ1) is 19.4. The molecule has 0 unspecified atom stereocenters. The van der Waals surface area contributed by atoms with Crippen LogP contribution in [0.5, 0.6) is 5.75 Å². The quantitative estimate of drug-likeness (QED) is 0.409. The Labute approximate surface area is 173 Å². The molecular weight excluding hydrogens is 419 g/mol. The smallest absolute Gasteiger partial charge is 0.276 e. The van der Waals surface area contributed by atoms with Crippen LogP contribution in [0.1, 0.15) is 5.89 Å². The van der Waals surface area contributed by atoms with Gasteiger partial charge >= 0.3 is 0 Å². The molecule has 0 saturated carbocycles. The van der Waals surface area contributed by atoms with Gasteiger partial charge < -0.3 is 9.15 Å². The van der Waals surface area contributed by atoms with Crippen LogP contribution in [0.15, 0.2) is 63.2 Å². The molecule has 7 nitrogen and oxygen atoms in total. The molecule has 0 N–H and O–H groups in total. The average Bonchev–Trinajstić information content (AvgIpc) is 3.17. The molecule has 0 bridgehead atoms. The summed E-state index contributed by atoms with van der Waals surface area (Å²) in [5.41, 5.74) is 0.447. The summed E-state index contributed by atoms with van der Waals surface area (Å²) in [6, 6.07) is 10.7. The number of hydrogen-bond donors (Lipinski definition) is 0. The Bertz CT molecular complexity index is 1200. The summed E-state index contributed by atoms with van der Waals surface area (Å²) in [5.74, 6) is 1.00. The fraction of sp³-hybridized carbons (Fsp3) is 0.158. The van der Waals surface area contributed by atoms with Gasteiger partial charge in [0.25, 0.3) is 16.7 Å². The molecule has 4 aromatic rings. The summed E-state index contributed by atoms with van der Waals surface area (Å²) in [7, 11) is 0. The molecule has 29 heavy (non-hydrogen) atoms. The van der Waals surface area contributed by atoms with Crippen LogP contribution in [0.3, 0.4) is 0 Å². The Hall–Kier alpha value is -2.91. The number of hydrogen-bond acceptors (Lipinski definition) is 7. The highest BCUT2D eigenvalue weighted by atomic mass is 35.5. The number of rotatable bonds is 7. The van der Waals surface area contributed by atoms with Gasteiger partial charge in [0.1, 0.15) is 11.6 Å². The maximum atomic E-state index is 12.9. The third-order valence-corrected chi connectivity index (χ3v) is 5.00. The minimum atomic E-state index is -0.336. The Morgan fingerprint density at radius 3 is 2.83 bits per heavy atom. The van der Waals surface area contributed by atoms with Gasteiger partial charge in [0, 0.05) is 17.3 Å². The number of aryl methyl sites for hydroxylation is 1. The third-order valence-electron chi connectivity index (χ3n) is 3.97. The molecule has 10 heteroatoms. The van der Waals surface area contributed by atoms with E-state index in [4.69, 9.17) is 20.8 Å². The number of ether oxygens (including phenoxy) is 1. The van der Waals surface area contributed by atoms with Crippen molar-refractivity contribution in [3.63, 3.8) is 0 Å². The molecule has 0 amide bonds. The number of nitrogens with zero attached hydrogens (tertiary/aromatic N) is 4. The molecule has 0 fully saturated rings. The number of benzene rings is 2. The van der Waals surface area contributed by atoms with Crippen LogP contribution in [0.4, 0.5) is 4.39 Å². The SMILES string of the molecule is O=c1c2cc(Cl)ccc2ncn1CCSc1nnc(COc2ccc(F)cc2)o1. The van der Waals surface area contributed by atoms with Gasteiger partial charge in [0.2, 0.25) is 0 Å². The molecule has 0 atom stereocenters. The third kappa shape index (κ3) is 4.75. The lowest BCUT2D eigenvalue weighted by atomic mass is 10.2. The van der Waals surface area contributed by atoms with Crippen molar-refractivity contribution in [2.24, 2.45) is 0 Å². The van der Waals surface area contributed by atoms with Crippen LogP contribution in [-0.4, -0.2) is 25.5 Å². The van der Waals surface area contributed by atoms with Gasteiger partial charge in [-0.15, -0.1) is 10.2 Å². The molecule has 0 aliphatic carbocycles. The zero-order valence-corrected chi connectivity index (χ0v) is 16.5. The van der Waals surface area contributed by atoms with Gasteiger partial charge in [0.15, 0.2) is 6.61 Å². The summed E-state index contributed by atoms with van der Waals surface area (Å²) in [6.45, 7) is 0.497. The Morgan fingerprint density at radius 1 is 1.17 bits per heavy atom. The number of halogens is 2. The van der Waals surface area contributed by atoms with Crippen molar-refractivity contribution in [2.75, 3.05) is 5.75 Å². The first-order chi connectivity index (χ1) is 14.1. The van der Waals surface area contributed by atoms with E-state index in [9.17, 15) is 9.18 Å². The summed E-state index contributed by atoms with van der Waals surface area (Å²) in [4.78, 5) is 16.8. The van der Waals surface area contributed by atoms with E-state index in [2.05, 4.69) is 15.2 Å². The normalized spacial score (nSPS) is 11.1. The van der Waals surface area contributed by atoms with Crippen molar-refractivity contribution >= 4 is 34.3 Å². The van der Waals surface area contributed by atoms with Gasteiger partial charge in [-0.2, -0.15) is 0 Å². The van der Waals surface area contributed by atoms with E-state index in [1.54, 1.807) is 18.2 Å². The molecule has 2 heterocycles. The molecule has 0 spiro atoms. The summed E-state index contributed by atoms with van der Waals surface area (Å²) in [5, 5.41) is 9.19. The number of thioether (sulfide) groups is 1. The summed E-state index contributed by atoms with van der Waals surface area (Å²) in [6.07, 6.45) is 1.51. The second-order valence-corrected chi connectivity index (χ2v) is 7.44. The topological polar surface area (TPSA) is 83.0 Å². The molecule has 2 aromatic carbocycles. The lowest BCUT2D eigenvalue weighted by Crippen LogP contribution is -2.21. The standard InChI is InChI=1S/C19H14ClFN4O3S/c20-12-1-6-16-15(9-12)18(26)25(11-22-16)7-8-29-19-24-23-17(28-19)10-27-14-4-2-13(21)3-5-14/h1-6,9,11H,7-8,10H2. The van der Waals surface area contributed by atoms with Crippen LogP contribution in [-0.2, 0) is 13.2 Å². The van der Waals surface area contributed by atoms with E-state index >= 15 is 0 Å². The minimum Gasteiger partial charge on any atom is -0.484 e. The highest BCUT2D eigenvalue weighted by Gasteiger charge is 2.09. The second-order valence-electron chi connectivity index (χ2n) is 5.96. The Morgan fingerprint density at radius 2 is 2.00 bits per heavy atom. The molecule has 4 rings (SSSR count). The number of fused-ring (bicyclic) bond motifs is 1. The Kier molecular flexibility index (Phi) is 5.77. The van der Waals surface area contributed by atoms with Crippen molar-refractivity contribution in [3.05, 3.63) is 75.9 Å². The minimum absolute atomic E-state index is 0.0774. The van der Waals surface area contributed by atoms with Crippen molar-refractivity contribution in [1.29, 1.82) is 0 Å². The molecule has 0 saturated heterocycles. The van der Waals surface area contributed by atoms with Gasteiger partial charge in [-0.1, -0.05) is 23.4 Å². The average molecular weight is 433 g/mol. The lowest BCUT2D eigenvalue weighted by molar-refractivity contribution is 0.252. The largest absolute Gasteiger partial charge is 0.484 e. The maximum absolute atomic E-state index is 12.9. The highest BCUT2D eigenvalue weighted by Crippen LogP contribution is 2.19. The summed E-state index contributed by atoms with van der Waals surface area (Å²) >= 11 is 7.28. The van der Waals surface area contributed by atoms with Gasteiger partial charge in [-0.3, -0.25) is 9.36 Å². The molecule has 0 aliphatic rings. The first-order valence-corrected chi connectivity index (χ1v) is 9.93. The molecular formula is C19H14ClFN4O3S. The first-order valence-electron chi connectivity index (χ1n) is 8.57. The van der Waals surface area contributed by atoms with Crippen LogP contribution < -0.4 is 10.3 Å². The summed E-state index contributed by atoms with van der Waals surface area (Å²) < 4.78 is 25.4. The van der Waals surface area contributed by atoms with Crippen LogP contribution >= 0.6 is 23.4 Å². The van der Waals surface area contributed by atoms with Gasteiger partial charge in [0.05, 0.1) is 17.2 Å². The molecule has 0 aliphatic heterocycles. The van der Waals surface area contributed by atoms with Crippen molar-refractivity contribution in [2.45, 2.75) is 18.4 Å². The molecule has 148 valence electrons. The fourth-order valence-electron chi connectivity index (χ4n) is 2.55. The van der Waals surface area contributed by atoms with E-state index in [0.29, 0.717) is 45.1 Å². The van der Waals surface area contributed by atoms with E-state index < -0.39 is 0 Å². The monoisotopic (exact) mass is 432 g/mol. The fourth-order valence-corrected chi connectivity index (χ4v) is 3.44. The van der Waals surface area contributed by atoms with E-state index in [1.165, 1.54) is 46.9 Å². The van der Waals surface area contributed by atoms with Crippen LogP contribution in [0.25, 0.3) is 10.9 Å². The van der Waals surface area contributed by atoms with Crippen molar-refractivity contribution < 1.29 is 13.5 Å². The zero-order chi connectivity index (χ0) is 20.2. The van der Waals surface area contributed by atoms with E-state index in [0.717, 1.165) is 0 Å². The van der Waals surface area contributed by atoms with Crippen LogP contribution in [0.2, 0.25) is 5.02 Å². The second kappa shape index (κ2) is 8.62. The zero-order valence-electron chi connectivity index (χ0n) is 14.9.